The van der Waals surface area contributed by atoms with E-state index in [-0.39, 0.29) is 11.8 Å². The molecule has 1 amide bonds. The van der Waals surface area contributed by atoms with E-state index in [0.29, 0.717) is 0 Å². The third kappa shape index (κ3) is 4.35. The number of para-hydroxylation sites is 2. The molecule has 4 rings (SSSR count). The van der Waals surface area contributed by atoms with Gasteiger partial charge in [-0.25, -0.2) is 4.98 Å². The van der Waals surface area contributed by atoms with Crippen LogP contribution in [-0.2, 0) is 24.3 Å². The quantitative estimate of drug-likeness (QED) is 0.676. The van der Waals surface area contributed by atoms with Crippen molar-refractivity contribution in [2.75, 3.05) is 18.4 Å². The van der Waals surface area contributed by atoms with Gasteiger partial charge in [-0.05, 0) is 62.6 Å². The second-order valence-electron chi connectivity index (χ2n) is 7.88. The van der Waals surface area contributed by atoms with Crippen molar-refractivity contribution in [3.63, 3.8) is 0 Å². The van der Waals surface area contributed by atoms with Crippen LogP contribution in [0.5, 0.6) is 0 Å². The minimum absolute atomic E-state index is 0.0217. The molecule has 0 spiro atoms. The number of likely N-dealkylation sites (tertiary alicyclic amines) is 1. The molecule has 1 aromatic heterocycles. The minimum atomic E-state index is 0.0217. The Labute approximate surface area is 172 Å². The lowest BCUT2D eigenvalue weighted by Gasteiger charge is -2.31. The molecular weight excluding hydrogens is 360 g/mol. The number of aromatic nitrogens is 2. The Hall–Kier alpha value is -2.66. The fraction of sp³-hybridized carbons (Fsp3) is 0.417. The van der Waals surface area contributed by atoms with Crippen LogP contribution >= 0.6 is 0 Å². The SMILES string of the molecule is CCc1cccc(NC(=O)[C@@H]2CCCN(Cc3nc4ccccc4n3CC)C2)c1. The highest BCUT2D eigenvalue weighted by Gasteiger charge is 2.27. The molecule has 1 fully saturated rings. The third-order valence-electron chi connectivity index (χ3n) is 5.89. The number of carbonyl (C=O) groups excluding carboxylic acids is 1. The summed E-state index contributed by atoms with van der Waals surface area (Å²) < 4.78 is 2.29. The maximum Gasteiger partial charge on any atom is 0.228 e. The molecule has 2 aromatic carbocycles. The van der Waals surface area contributed by atoms with Gasteiger partial charge >= 0.3 is 0 Å². The highest BCUT2D eigenvalue weighted by atomic mass is 16.1. The van der Waals surface area contributed by atoms with E-state index in [2.05, 4.69) is 59.0 Å². The molecule has 5 nitrogen and oxygen atoms in total. The van der Waals surface area contributed by atoms with Crippen LogP contribution in [0.3, 0.4) is 0 Å². The highest BCUT2D eigenvalue weighted by molar-refractivity contribution is 5.92. The van der Waals surface area contributed by atoms with Crippen molar-refractivity contribution in [1.29, 1.82) is 0 Å². The third-order valence-corrected chi connectivity index (χ3v) is 5.89. The lowest BCUT2D eigenvalue weighted by atomic mass is 9.97. The molecule has 152 valence electrons. The van der Waals surface area contributed by atoms with E-state index < -0.39 is 0 Å². The maximum atomic E-state index is 12.9. The van der Waals surface area contributed by atoms with Gasteiger partial charge in [-0.2, -0.15) is 0 Å². The smallest absolute Gasteiger partial charge is 0.228 e. The minimum Gasteiger partial charge on any atom is -0.327 e. The number of nitrogens with one attached hydrogen (secondary N) is 1. The fourth-order valence-electron chi connectivity index (χ4n) is 4.33. The summed E-state index contributed by atoms with van der Waals surface area (Å²) >= 11 is 0. The van der Waals surface area contributed by atoms with Gasteiger partial charge in [0.05, 0.1) is 23.5 Å². The topological polar surface area (TPSA) is 50.2 Å². The number of imidazole rings is 1. The standard InChI is InChI=1S/C24H30N4O/c1-3-18-9-7-11-20(15-18)25-24(29)19-10-8-14-27(16-19)17-23-26-21-12-5-6-13-22(21)28(23)4-2/h5-7,9,11-13,15,19H,3-4,8,10,14,16-17H2,1-2H3,(H,25,29)/t19-/m1/s1. The average Bonchev–Trinajstić information content (AvgIpc) is 3.11. The number of nitrogens with zero attached hydrogens (tertiary/aromatic N) is 3. The summed E-state index contributed by atoms with van der Waals surface area (Å²) in [6, 6.07) is 16.5. The van der Waals surface area contributed by atoms with E-state index >= 15 is 0 Å². The molecule has 5 heteroatoms. The predicted molar refractivity (Wildman–Crippen MR) is 118 cm³/mol. The summed E-state index contributed by atoms with van der Waals surface area (Å²) in [7, 11) is 0. The second-order valence-corrected chi connectivity index (χ2v) is 7.88. The van der Waals surface area contributed by atoms with E-state index in [4.69, 9.17) is 4.98 Å². The van der Waals surface area contributed by atoms with E-state index in [0.717, 1.165) is 62.5 Å². The molecule has 0 aliphatic carbocycles. The van der Waals surface area contributed by atoms with Gasteiger partial charge in [-0.3, -0.25) is 9.69 Å². The van der Waals surface area contributed by atoms with Gasteiger partial charge < -0.3 is 9.88 Å². The molecule has 3 aromatic rings. The molecule has 1 aliphatic rings. The first kappa shape index (κ1) is 19.6. The number of fused-ring (bicyclic) bond motifs is 1. The van der Waals surface area contributed by atoms with Crippen LogP contribution in [0.4, 0.5) is 5.69 Å². The molecule has 1 aliphatic heterocycles. The van der Waals surface area contributed by atoms with Crippen LogP contribution in [0.15, 0.2) is 48.5 Å². The molecule has 0 radical (unpaired) electrons. The van der Waals surface area contributed by atoms with Gasteiger partial charge in [-0.1, -0.05) is 31.2 Å². The maximum absolute atomic E-state index is 12.9. The molecule has 0 saturated carbocycles. The molecular formula is C24H30N4O. The Balaban J connectivity index is 1.44. The number of rotatable bonds is 6. The van der Waals surface area contributed by atoms with Gasteiger partial charge in [0, 0.05) is 18.8 Å². The Morgan fingerprint density at radius 1 is 1.17 bits per heavy atom. The number of hydrogen-bond acceptors (Lipinski definition) is 3. The summed E-state index contributed by atoms with van der Waals surface area (Å²) in [5, 5.41) is 3.13. The van der Waals surface area contributed by atoms with Crippen molar-refractivity contribution in [2.24, 2.45) is 5.92 Å². The lowest BCUT2D eigenvalue weighted by Crippen LogP contribution is -2.40. The first-order valence-electron chi connectivity index (χ1n) is 10.7. The van der Waals surface area contributed by atoms with Crippen LogP contribution < -0.4 is 5.32 Å². The fourth-order valence-corrected chi connectivity index (χ4v) is 4.33. The zero-order valence-corrected chi connectivity index (χ0v) is 17.4. The largest absolute Gasteiger partial charge is 0.327 e. The number of aryl methyl sites for hydroxylation is 2. The molecule has 1 saturated heterocycles. The van der Waals surface area contributed by atoms with E-state index in [1.807, 2.05) is 18.2 Å². The van der Waals surface area contributed by atoms with Crippen molar-refractivity contribution in [3.8, 4) is 0 Å². The van der Waals surface area contributed by atoms with Crippen LogP contribution in [0, 0.1) is 5.92 Å². The molecule has 29 heavy (non-hydrogen) atoms. The number of piperidine rings is 1. The number of anilines is 1. The van der Waals surface area contributed by atoms with Crippen molar-refractivity contribution < 1.29 is 4.79 Å². The molecule has 0 unspecified atom stereocenters. The molecule has 1 N–H and O–H groups in total. The number of carbonyl (C=O) groups is 1. The predicted octanol–water partition coefficient (Wildman–Crippen LogP) is 4.47. The Kier molecular flexibility index (Phi) is 5.95. The Morgan fingerprint density at radius 2 is 2.03 bits per heavy atom. The van der Waals surface area contributed by atoms with Gasteiger partial charge in [0.2, 0.25) is 5.91 Å². The van der Waals surface area contributed by atoms with Crippen molar-refractivity contribution in [1.82, 2.24) is 14.5 Å². The second kappa shape index (κ2) is 8.78. The zero-order valence-electron chi connectivity index (χ0n) is 17.4. The Morgan fingerprint density at radius 3 is 2.86 bits per heavy atom. The molecule has 1 atom stereocenters. The zero-order chi connectivity index (χ0) is 20.2. The van der Waals surface area contributed by atoms with Crippen molar-refractivity contribution in [2.45, 2.75) is 46.2 Å². The summed E-state index contributed by atoms with van der Waals surface area (Å²) in [6.07, 6.45) is 2.96. The number of amides is 1. The summed E-state index contributed by atoms with van der Waals surface area (Å²) in [4.78, 5) is 20.1. The Bertz CT molecular complexity index is 993. The van der Waals surface area contributed by atoms with Gasteiger partial charge in [0.15, 0.2) is 0 Å². The molecule has 0 bridgehead atoms. The normalized spacial score (nSPS) is 17.5. The average molecular weight is 391 g/mol. The summed E-state index contributed by atoms with van der Waals surface area (Å²) in [5.41, 5.74) is 4.38. The van der Waals surface area contributed by atoms with Crippen LogP contribution in [0.2, 0.25) is 0 Å². The first-order chi connectivity index (χ1) is 14.2. The monoisotopic (exact) mass is 390 g/mol. The van der Waals surface area contributed by atoms with Crippen LogP contribution in [-0.4, -0.2) is 33.4 Å². The van der Waals surface area contributed by atoms with Crippen LogP contribution in [0.25, 0.3) is 11.0 Å². The highest BCUT2D eigenvalue weighted by Crippen LogP contribution is 2.23. The van der Waals surface area contributed by atoms with Gasteiger partial charge in [-0.15, -0.1) is 0 Å². The summed E-state index contributed by atoms with van der Waals surface area (Å²) in [6.45, 7) is 7.78. The number of benzene rings is 2. The number of hydrogen-bond donors (Lipinski definition) is 1. The van der Waals surface area contributed by atoms with Crippen molar-refractivity contribution in [3.05, 3.63) is 59.9 Å². The van der Waals surface area contributed by atoms with Gasteiger partial charge in [0.25, 0.3) is 0 Å². The van der Waals surface area contributed by atoms with E-state index in [1.165, 1.54) is 11.1 Å². The van der Waals surface area contributed by atoms with Crippen LogP contribution in [0.1, 0.15) is 38.1 Å². The van der Waals surface area contributed by atoms with Crippen molar-refractivity contribution >= 4 is 22.6 Å². The lowest BCUT2D eigenvalue weighted by molar-refractivity contribution is -0.121. The van der Waals surface area contributed by atoms with Gasteiger partial charge in [0.1, 0.15) is 5.82 Å². The summed E-state index contributed by atoms with van der Waals surface area (Å²) in [5.74, 6) is 1.24. The first-order valence-corrected chi connectivity index (χ1v) is 10.7. The van der Waals surface area contributed by atoms with E-state index in [1.54, 1.807) is 0 Å². The molecule has 2 heterocycles. The van der Waals surface area contributed by atoms with E-state index in [9.17, 15) is 4.79 Å².